The Hall–Kier alpha value is -0.0800. The Labute approximate surface area is 135 Å². The van der Waals surface area contributed by atoms with Gasteiger partial charge < -0.3 is 10.2 Å². The molecule has 0 aliphatic heterocycles. The number of hydrogen-bond acceptors (Lipinski definition) is 2. The minimum Gasteiger partial charge on any atom is -0.316 e. The van der Waals surface area contributed by atoms with Crippen molar-refractivity contribution in [1.29, 1.82) is 0 Å². The van der Waals surface area contributed by atoms with Gasteiger partial charge in [0.25, 0.3) is 0 Å². The van der Waals surface area contributed by atoms with E-state index in [0.717, 1.165) is 30.3 Å². The largest absolute Gasteiger partial charge is 0.316 e. The molecule has 0 bridgehead atoms. The van der Waals surface area contributed by atoms with Gasteiger partial charge in [-0.1, -0.05) is 41.5 Å². The van der Waals surface area contributed by atoms with Crippen LogP contribution in [-0.4, -0.2) is 37.1 Å². The molecule has 0 rings (SSSR count). The van der Waals surface area contributed by atoms with Crippen LogP contribution in [0.4, 0.5) is 0 Å². The van der Waals surface area contributed by atoms with Crippen LogP contribution in [0.15, 0.2) is 0 Å². The highest BCUT2D eigenvalue weighted by Gasteiger charge is 2.14. The highest BCUT2D eigenvalue weighted by atomic mass is 15.1. The Bertz CT molecular complexity index is 212. The van der Waals surface area contributed by atoms with Crippen molar-refractivity contribution in [3.05, 3.63) is 0 Å². The molecule has 0 radical (unpaired) electrons. The van der Waals surface area contributed by atoms with Crippen LogP contribution >= 0.6 is 0 Å². The zero-order chi connectivity index (χ0) is 16.3. The Balaban J connectivity index is 4.01. The van der Waals surface area contributed by atoms with Crippen molar-refractivity contribution in [3.63, 3.8) is 0 Å². The predicted molar refractivity (Wildman–Crippen MR) is 96.9 cm³/mol. The van der Waals surface area contributed by atoms with Gasteiger partial charge in [0.1, 0.15) is 0 Å². The third kappa shape index (κ3) is 13.3. The number of hydrogen-bond donors (Lipinski definition) is 1. The van der Waals surface area contributed by atoms with Crippen LogP contribution in [0.5, 0.6) is 0 Å². The lowest BCUT2D eigenvalue weighted by atomic mass is 10.1. The van der Waals surface area contributed by atoms with Gasteiger partial charge in [-0.25, -0.2) is 0 Å². The molecule has 0 amide bonds. The van der Waals surface area contributed by atoms with Gasteiger partial charge in [-0.3, -0.25) is 0 Å². The average molecular weight is 299 g/mol. The van der Waals surface area contributed by atoms with Crippen LogP contribution < -0.4 is 5.32 Å². The third-order valence-corrected chi connectivity index (χ3v) is 4.14. The molecule has 128 valence electrons. The second-order valence-electron chi connectivity index (χ2n) is 7.99. The summed E-state index contributed by atoms with van der Waals surface area (Å²) in [6, 6.07) is 0.725. The first-order chi connectivity index (χ1) is 9.82. The van der Waals surface area contributed by atoms with E-state index < -0.39 is 0 Å². The Kier molecular flexibility index (Phi) is 12.4. The monoisotopic (exact) mass is 298 g/mol. The smallest absolute Gasteiger partial charge is 0.00674 e. The summed E-state index contributed by atoms with van der Waals surface area (Å²) in [6.45, 7) is 21.2. The average Bonchev–Trinajstić information content (AvgIpc) is 2.37. The molecule has 0 aromatic heterocycles. The first-order valence-corrected chi connectivity index (χ1v) is 9.27. The second kappa shape index (κ2) is 12.5. The maximum absolute atomic E-state index is 3.56. The molecule has 2 heteroatoms. The fraction of sp³-hybridized carbons (Fsp3) is 1.00. The molecule has 2 nitrogen and oxygen atoms in total. The lowest BCUT2D eigenvalue weighted by molar-refractivity contribution is 0.177. The fourth-order valence-electron chi connectivity index (χ4n) is 2.50. The van der Waals surface area contributed by atoms with E-state index in [1.807, 2.05) is 0 Å². The van der Waals surface area contributed by atoms with E-state index in [2.05, 4.69) is 58.7 Å². The fourth-order valence-corrected chi connectivity index (χ4v) is 2.50. The minimum absolute atomic E-state index is 0.725. The normalized spacial score (nSPS) is 13.9. The van der Waals surface area contributed by atoms with Crippen LogP contribution in [0.2, 0.25) is 0 Å². The van der Waals surface area contributed by atoms with E-state index in [9.17, 15) is 0 Å². The highest BCUT2D eigenvalue weighted by Crippen LogP contribution is 2.13. The molecule has 0 spiro atoms. The Morgan fingerprint density at radius 1 is 0.714 bits per heavy atom. The molecular weight excluding hydrogens is 256 g/mol. The molecule has 0 saturated carbocycles. The van der Waals surface area contributed by atoms with Gasteiger partial charge in [0.15, 0.2) is 0 Å². The molecule has 21 heavy (non-hydrogen) atoms. The lowest BCUT2D eigenvalue weighted by Gasteiger charge is -2.30. The van der Waals surface area contributed by atoms with Crippen molar-refractivity contribution in [2.24, 2.45) is 17.8 Å². The standard InChI is InChI=1S/C19H42N2/c1-16(2)10-13-21(14-11-17(3)4)19(7)9-8-12-20-15-18(5)6/h16-20H,8-15H2,1-7H3. The first-order valence-electron chi connectivity index (χ1n) is 9.27. The van der Waals surface area contributed by atoms with E-state index in [1.165, 1.54) is 45.3 Å². The Morgan fingerprint density at radius 2 is 1.24 bits per heavy atom. The summed E-state index contributed by atoms with van der Waals surface area (Å²) in [5.74, 6) is 2.38. The molecular formula is C19H42N2. The van der Waals surface area contributed by atoms with Gasteiger partial charge in [0.05, 0.1) is 0 Å². The van der Waals surface area contributed by atoms with Gasteiger partial charge in [0.2, 0.25) is 0 Å². The van der Waals surface area contributed by atoms with E-state index in [4.69, 9.17) is 0 Å². The summed E-state index contributed by atoms with van der Waals surface area (Å²) in [7, 11) is 0. The quantitative estimate of drug-likeness (QED) is 0.492. The van der Waals surface area contributed by atoms with Crippen LogP contribution in [0.1, 0.15) is 74.1 Å². The molecule has 1 unspecified atom stereocenters. The van der Waals surface area contributed by atoms with Gasteiger partial charge in [-0.2, -0.15) is 0 Å². The second-order valence-corrected chi connectivity index (χ2v) is 7.99. The van der Waals surface area contributed by atoms with Crippen molar-refractivity contribution in [3.8, 4) is 0 Å². The topological polar surface area (TPSA) is 15.3 Å². The molecule has 0 fully saturated rings. The van der Waals surface area contributed by atoms with Crippen molar-refractivity contribution in [1.82, 2.24) is 10.2 Å². The maximum Gasteiger partial charge on any atom is 0.00674 e. The van der Waals surface area contributed by atoms with E-state index in [-0.39, 0.29) is 0 Å². The van der Waals surface area contributed by atoms with Gasteiger partial charge >= 0.3 is 0 Å². The van der Waals surface area contributed by atoms with Crippen LogP contribution in [0.3, 0.4) is 0 Å². The summed E-state index contributed by atoms with van der Waals surface area (Å²) < 4.78 is 0. The molecule has 1 N–H and O–H groups in total. The summed E-state index contributed by atoms with van der Waals surface area (Å²) in [5.41, 5.74) is 0. The zero-order valence-electron chi connectivity index (χ0n) is 15.9. The van der Waals surface area contributed by atoms with Crippen molar-refractivity contribution in [2.75, 3.05) is 26.2 Å². The van der Waals surface area contributed by atoms with Crippen LogP contribution in [0.25, 0.3) is 0 Å². The third-order valence-electron chi connectivity index (χ3n) is 4.14. The number of nitrogens with zero attached hydrogens (tertiary/aromatic N) is 1. The molecule has 1 atom stereocenters. The molecule has 0 aromatic carbocycles. The van der Waals surface area contributed by atoms with Crippen molar-refractivity contribution >= 4 is 0 Å². The summed E-state index contributed by atoms with van der Waals surface area (Å²) in [6.07, 6.45) is 5.27. The zero-order valence-corrected chi connectivity index (χ0v) is 15.9. The van der Waals surface area contributed by atoms with Gasteiger partial charge in [-0.05, 0) is 76.5 Å². The summed E-state index contributed by atoms with van der Waals surface area (Å²) in [5, 5.41) is 3.56. The summed E-state index contributed by atoms with van der Waals surface area (Å²) in [4.78, 5) is 2.72. The van der Waals surface area contributed by atoms with Crippen molar-refractivity contribution < 1.29 is 0 Å². The molecule has 0 aromatic rings. The lowest BCUT2D eigenvalue weighted by Crippen LogP contribution is -2.36. The molecule has 0 saturated heterocycles. The SMILES string of the molecule is CC(C)CCN(CCC(C)C)C(C)CCCNCC(C)C. The summed E-state index contributed by atoms with van der Waals surface area (Å²) >= 11 is 0. The molecule has 0 heterocycles. The molecule has 0 aliphatic rings. The minimum atomic E-state index is 0.725. The van der Waals surface area contributed by atoms with Gasteiger partial charge in [-0.15, -0.1) is 0 Å². The van der Waals surface area contributed by atoms with E-state index >= 15 is 0 Å². The first kappa shape index (κ1) is 20.9. The highest BCUT2D eigenvalue weighted by molar-refractivity contribution is 4.70. The number of rotatable bonds is 13. The van der Waals surface area contributed by atoms with Gasteiger partial charge in [0, 0.05) is 6.04 Å². The predicted octanol–water partition coefficient (Wildman–Crippen LogP) is 4.79. The molecule has 0 aliphatic carbocycles. The van der Waals surface area contributed by atoms with Crippen molar-refractivity contribution in [2.45, 2.75) is 80.2 Å². The van der Waals surface area contributed by atoms with E-state index in [1.54, 1.807) is 0 Å². The van der Waals surface area contributed by atoms with Crippen LogP contribution in [-0.2, 0) is 0 Å². The Morgan fingerprint density at radius 3 is 1.67 bits per heavy atom. The number of nitrogens with one attached hydrogen (secondary N) is 1. The van der Waals surface area contributed by atoms with Crippen LogP contribution in [0, 0.1) is 17.8 Å². The maximum atomic E-state index is 3.56. The van der Waals surface area contributed by atoms with E-state index in [0.29, 0.717) is 0 Å².